The fraction of sp³-hybridized carbons (Fsp3) is 0.300. The molecule has 0 radical (unpaired) electrons. The van der Waals surface area contributed by atoms with Crippen LogP contribution >= 0.6 is 0 Å². The number of Topliss-reactive ketones (excluding diaryl/α,β-unsaturated/α-hetero) is 1. The van der Waals surface area contributed by atoms with Gasteiger partial charge in [0.05, 0.1) is 5.54 Å². The third-order valence-corrected chi connectivity index (χ3v) is 2.27. The van der Waals surface area contributed by atoms with Crippen molar-refractivity contribution in [3.63, 3.8) is 0 Å². The standard InChI is InChI=1S/C10H11NO/c11-10(7-9(10)12)6-8-4-2-1-3-5-8/h1-5H,6-7,11H2. The topological polar surface area (TPSA) is 43.1 Å². The van der Waals surface area contributed by atoms with Crippen molar-refractivity contribution in [3.05, 3.63) is 35.9 Å². The van der Waals surface area contributed by atoms with E-state index in [1.807, 2.05) is 30.3 Å². The number of benzene rings is 1. The van der Waals surface area contributed by atoms with Gasteiger partial charge in [0, 0.05) is 6.42 Å². The van der Waals surface area contributed by atoms with Crippen molar-refractivity contribution >= 4 is 5.78 Å². The van der Waals surface area contributed by atoms with Crippen LogP contribution in [0.2, 0.25) is 0 Å². The molecule has 2 nitrogen and oxygen atoms in total. The monoisotopic (exact) mass is 161 g/mol. The third-order valence-electron chi connectivity index (χ3n) is 2.27. The Balaban J connectivity index is 2.10. The molecule has 0 amide bonds. The van der Waals surface area contributed by atoms with Gasteiger partial charge in [-0.05, 0) is 12.0 Å². The number of carbonyl (C=O) groups is 1. The molecule has 0 bridgehead atoms. The Labute approximate surface area is 71.4 Å². The predicted octanol–water partition coefficient (Wildman–Crippen LogP) is 0.899. The van der Waals surface area contributed by atoms with Crippen molar-refractivity contribution in [3.8, 4) is 0 Å². The van der Waals surface area contributed by atoms with Gasteiger partial charge < -0.3 is 5.73 Å². The first kappa shape index (κ1) is 7.50. The molecule has 62 valence electrons. The molecule has 0 aromatic heterocycles. The van der Waals surface area contributed by atoms with Gasteiger partial charge in [0.15, 0.2) is 5.78 Å². The Morgan fingerprint density at radius 1 is 1.33 bits per heavy atom. The Bertz CT molecular complexity index is 307. The molecule has 12 heavy (non-hydrogen) atoms. The Morgan fingerprint density at radius 2 is 1.92 bits per heavy atom. The van der Waals surface area contributed by atoms with Gasteiger partial charge in [-0.3, -0.25) is 4.79 Å². The third kappa shape index (κ3) is 1.25. The zero-order valence-electron chi connectivity index (χ0n) is 6.79. The summed E-state index contributed by atoms with van der Waals surface area (Å²) in [7, 11) is 0. The first-order valence-corrected chi connectivity index (χ1v) is 4.07. The van der Waals surface area contributed by atoms with E-state index in [1.54, 1.807) is 0 Å². The summed E-state index contributed by atoms with van der Waals surface area (Å²) in [4.78, 5) is 10.9. The fourth-order valence-corrected chi connectivity index (χ4v) is 1.36. The zero-order valence-corrected chi connectivity index (χ0v) is 6.79. The van der Waals surface area contributed by atoms with Gasteiger partial charge in [-0.15, -0.1) is 0 Å². The summed E-state index contributed by atoms with van der Waals surface area (Å²) in [6.07, 6.45) is 1.23. The first-order valence-electron chi connectivity index (χ1n) is 4.07. The minimum Gasteiger partial charge on any atom is -0.318 e. The van der Waals surface area contributed by atoms with Gasteiger partial charge in [-0.25, -0.2) is 0 Å². The molecule has 1 aromatic rings. The van der Waals surface area contributed by atoms with Crippen molar-refractivity contribution < 1.29 is 4.79 Å². The van der Waals surface area contributed by atoms with Crippen molar-refractivity contribution in [1.29, 1.82) is 0 Å². The van der Waals surface area contributed by atoms with Crippen LogP contribution in [-0.4, -0.2) is 11.3 Å². The van der Waals surface area contributed by atoms with E-state index in [1.165, 1.54) is 0 Å². The van der Waals surface area contributed by atoms with Gasteiger partial charge in [-0.1, -0.05) is 30.3 Å². The average molecular weight is 161 g/mol. The zero-order chi connectivity index (χ0) is 8.60. The molecule has 1 aliphatic rings. The molecule has 1 aliphatic carbocycles. The quantitative estimate of drug-likeness (QED) is 0.700. The Kier molecular flexibility index (Phi) is 1.51. The summed E-state index contributed by atoms with van der Waals surface area (Å²) in [5, 5.41) is 0. The van der Waals surface area contributed by atoms with E-state index in [9.17, 15) is 4.79 Å². The molecule has 0 aliphatic heterocycles. The number of hydrogen-bond donors (Lipinski definition) is 1. The van der Waals surface area contributed by atoms with Crippen molar-refractivity contribution in [2.24, 2.45) is 5.73 Å². The van der Waals surface area contributed by atoms with E-state index in [0.29, 0.717) is 12.8 Å². The molecule has 1 atom stereocenters. The molecule has 0 saturated heterocycles. The lowest BCUT2D eigenvalue weighted by Crippen LogP contribution is -2.27. The van der Waals surface area contributed by atoms with Crippen LogP contribution in [0.5, 0.6) is 0 Å². The van der Waals surface area contributed by atoms with Crippen LogP contribution in [0, 0.1) is 0 Å². The molecule has 2 N–H and O–H groups in total. The van der Waals surface area contributed by atoms with Crippen molar-refractivity contribution in [1.82, 2.24) is 0 Å². The van der Waals surface area contributed by atoms with Crippen LogP contribution in [0.1, 0.15) is 12.0 Å². The minimum absolute atomic E-state index is 0.186. The van der Waals surface area contributed by atoms with E-state index in [2.05, 4.69) is 0 Å². The molecular formula is C10H11NO. The van der Waals surface area contributed by atoms with Gasteiger partial charge in [0.2, 0.25) is 0 Å². The summed E-state index contributed by atoms with van der Waals surface area (Å²) in [6, 6.07) is 9.89. The second-order valence-corrected chi connectivity index (χ2v) is 3.42. The molecule has 0 spiro atoms. The van der Waals surface area contributed by atoms with Crippen molar-refractivity contribution in [2.75, 3.05) is 0 Å². The van der Waals surface area contributed by atoms with E-state index in [0.717, 1.165) is 5.56 Å². The van der Waals surface area contributed by atoms with Crippen LogP contribution in [0.4, 0.5) is 0 Å². The lowest BCUT2D eigenvalue weighted by Gasteiger charge is -2.04. The van der Waals surface area contributed by atoms with Crippen molar-refractivity contribution in [2.45, 2.75) is 18.4 Å². The first-order chi connectivity index (χ1) is 5.71. The van der Waals surface area contributed by atoms with Gasteiger partial charge in [-0.2, -0.15) is 0 Å². The summed E-state index contributed by atoms with van der Waals surface area (Å²) < 4.78 is 0. The fourth-order valence-electron chi connectivity index (χ4n) is 1.36. The molecule has 1 unspecified atom stereocenters. The van der Waals surface area contributed by atoms with Crippen LogP contribution < -0.4 is 5.73 Å². The number of nitrogens with two attached hydrogens (primary N) is 1. The van der Waals surface area contributed by atoms with E-state index < -0.39 is 5.54 Å². The average Bonchev–Trinajstić information content (AvgIpc) is 2.61. The molecular weight excluding hydrogens is 150 g/mol. The van der Waals surface area contributed by atoms with Gasteiger partial charge in [0.1, 0.15) is 0 Å². The Hall–Kier alpha value is -1.15. The van der Waals surface area contributed by atoms with E-state index in [4.69, 9.17) is 5.73 Å². The number of ketones is 1. The van der Waals surface area contributed by atoms with Crippen LogP contribution in [0.15, 0.2) is 30.3 Å². The summed E-state index contributed by atoms with van der Waals surface area (Å²) in [6.45, 7) is 0. The molecule has 2 heteroatoms. The van der Waals surface area contributed by atoms with Crippen LogP contribution in [0.25, 0.3) is 0 Å². The molecule has 0 heterocycles. The maximum absolute atomic E-state index is 10.9. The maximum Gasteiger partial charge on any atom is 0.155 e. The SMILES string of the molecule is NC1(Cc2ccccc2)CC1=O. The van der Waals surface area contributed by atoms with Crippen LogP contribution in [0.3, 0.4) is 0 Å². The summed E-state index contributed by atoms with van der Waals surface area (Å²) >= 11 is 0. The lowest BCUT2D eigenvalue weighted by atomic mass is 10.1. The van der Waals surface area contributed by atoms with Gasteiger partial charge in [0.25, 0.3) is 0 Å². The highest BCUT2D eigenvalue weighted by Gasteiger charge is 2.49. The minimum atomic E-state index is -0.526. The summed E-state index contributed by atoms with van der Waals surface area (Å²) in [5.41, 5.74) is 6.39. The number of rotatable bonds is 2. The lowest BCUT2D eigenvalue weighted by molar-refractivity contribution is -0.111. The molecule has 1 aromatic carbocycles. The second kappa shape index (κ2) is 2.42. The van der Waals surface area contributed by atoms with Gasteiger partial charge >= 0.3 is 0 Å². The highest BCUT2D eigenvalue weighted by molar-refractivity contribution is 6.05. The highest BCUT2D eigenvalue weighted by Crippen LogP contribution is 2.30. The number of carbonyl (C=O) groups excluding carboxylic acids is 1. The smallest absolute Gasteiger partial charge is 0.155 e. The maximum atomic E-state index is 10.9. The van der Waals surface area contributed by atoms with E-state index in [-0.39, 0.29) is 5.78 Å². The Morgan fingerprint density at radius 3 is 2.42 bits per heavy atom. The molecule has 1 saturated carbocycles. The number of hydrogen-bond acceptors (Lipinski definition) is 2. The predicted molar refractivity (Wildman–Crippen MR) is 46.7 cm³/mol. The van der Waals surface area contributed by atoms with E-state index >= 15 is 0 Å². The molecule has 2 rings (SSSR count). The second-order valence-electron chi connectivity index (χ2n) is 3.42. The summed E-state index contributed by atoms with van der Waals surface area (Å²) in [5.74, 6) is 0.186. The largest absolute Gasteiger partial charge is 0.318 e. The van der Waals surface area contributed by atoms with Crippen LogP contribution in [-0.2, 0) is 11.2 Å². The normalized spacial score (nSPS) is 27.2. The molecule has 1 fully saturated rings. The highest BCUT2D eigenvalue weighted by atomic mass is 16.1.